The van der Waals surface area contributed by atoms with E-state index in [1.165, 1.54) is 17.9 Å². The summed E-state index contributed by atoms with van der Waals surface area (Å²) in [4.78, 5) is 65.0. The third-order valence-electron chi connectivity index (χ3n) is 7.40. The summed E-state index contributed by atoms with van der Waals surface area (Å²) < 4.78 is 20.4. The minimum Gasteiger partial charge on any atom is -0.442 e. The molecule has 4 amide bonds. The number of anilines is 2. The molecule has 4 rings (SSSR count). The number of amides is 4. The van der Waals surface area contributed by atoms with Crippen LogP contribution in [0.15, 0.2) is 42.5 Å². The number of halogens is 1. The number of piperazine rings is 1. The van der Waals surface area contributed by atoms with E-state index >= 15 is 4.39 Å². The van der Waals surface area contributed by atoms with Gasteiger partial charge in [0.05, 0.1) is 31.0 Å². The Morgan fingerprint density at radius 2 is 1.72 bits per heavy atom. The summed E-state index contributed by atoms with van der Waals surface area (Å²) in [6.07, 6.45) is -0.937. The molecule has 0 saturated carbocycles. The lowest BCUT2D eigenvalue weighted by Crippen LogP contribution is -2.49. The fourth-order valence-electron chi connectivity index (χ4n) is 4.95. The molecule has 2 aliphatic rings. The summed E-state index contributed by atoms with van der Waals surface area (Å²) in [5.74, 6) is -1.08. The molecule has 2 aromatic carbocycles. The molecule has 12 nitrogen and oxygen atoms in total. The zero-order valence-corrected chi connectivity index (χ0v) is 24.4. The fourth-order valence-corrected chi connectivity index (χ4v) is 4.95. The summed E-state index contributed by atoms with van der Waals surface area (Å²) in [6, 6.07) is 11.6. The number of cyclic esters (lactones) is 1. The van der Waals surface area contributed by atoms with E-state index in [1.54, 1.807) is 36.2 Å². The van der Waals surface area contributed by atoms with Crippen molar-refractivity contribution >= 4 is 41.0 Å². The van der Waals surface area contributed by atoms with Gasteiger partial charge in [-0.2, -0.15) is 0 Å². The first kappa shape index (κ1) is 31.4. The molecule has 2 saturated heterocycles. The first-order valence-corrected chi connectivity index (χ1v) is 14.2. The molecule has 0 unspecified atom stereocenters. The Hall–Kier alpha value is -4.52. The Bertz CT molecular complexity index is 1350. The molecule has 0 aliphatic carbocycles. The summed E-state index contributed by atoms with van der Waals surface area (Å²) in [5.41, 5.74) is 2.20. The standard InChI is InChI=1S/C30H37FN6O6/c1-20(38)34-17-24-19-37(30(42)43-24)23-7-8-26(25(31)15-23)35-11-13-36(14-12-35)29(41)10-9-27(39)22-5-3-21(4-6-22)16-33-18-28(40)32-2/h3-8,15,24,33H,9-14,16-19H2,1-2H3,(H,32,40)(H,34,38)/t24-/m0/s1. The van der Waals surface area contributed by atoms with E-state index in [1.807, 2.05) is 17.0 Å². The second kappa shape index (κ2) is 14.6. The number of carbonyl (C=O) groups excluding carboxylic acids is 5. The number of benzene rings is 2. The van der Waals surface area contributed by atoms with E-state index in [4.69, 9.17) is 4.74 Å². The highest BCUT2D eigenvalue weighted by atomic mass is 19.1. The molecule has 2 aromatic rings. The van der Waals surface area contributed by atoms with Gasteiger partial charge in [0.15, 0.2) is 5.78 Å². The van der Waals surface area contributed by atoms with Crippen molar-refractivity contribution in [1.29, 1.82) is 0 Å². The quantitative estimate of drug-likeness (QED) is 0.313. The van der Waals surface area contributed by atoms with Gasteiger partial charge in [0.25, 0.3) is 0 Å². The third-order valence-corrected chi connectivity index (χ3v) is 7.40. The molecule has 0 aromatic heterocycles. The van der Waals surface area contributed by atoms with Crippen molar-refractivity contribution in [3.63, 3.8) is 0 Å². The predicted molar refractivity (Wildman–Crippen MR) is 157 cm³/mol. The van der Waals surface area contributed by atoms with E-state index in [2.05, 4.69) is 16.0 Å². The number of nitrogens with one attached hydrogen (secondary N) is 3. The van der Waals surface area contributed by atoms with Crippen molar-refractivity contribution < 1.29 is 33.1 Å². The molecule has 2 fully saturated rings. The maximum Gasteiger partial charge on any atom is 0.414 e. The van der Waals surface area contributed by atoms with Gasteiger partial charge in [0.1, 0.15) is 11.9 Å². The summed E-state index contributed by atoms with van der Waals surface area (Å²) in [7, 11) is 1.57. The van der Waals surface area contributed by atoms with Crippen molar-refractivity contribution in [1.82, 2.24) is 20.9 Å². The van der Waals surface area contributed by atoms with Crippen LogP contribution in [-0.4, -0.2) is 93.5 Å². The number of carbonyl (C=O) groups is 5. The van der Waals surface area contributed by atoms with Crippen LogP contribution in [0.4, 0.5) is 20.6 Å². The number of hydrogen-bond acceptors (Lipinski definition) is 8. The summed E-state index contributed by atoms with van der Waals surface area (Å²) >= 11 is 0. The lowest BCUT2D eigenvalue weighted by atomic mass is 10.0. The molecule has 230 valence electrons. The van der Waals surface area contributed by atoms with Crippen molar-refractivity contribution in [3.05, 3.63) is 59.4 Å². The second-order valence-corrected chi connectivity index (χ2v) is 10.5. The number of ketones is 1. The predicted octanol–water partition coefficient (Wildman–Crippen LogP) is 1.43. The highest BCUT2D eigenvalue weighted by Crippen LogP contribution is 2.28. The van der Waals surface area contributed by atoms with E-state index in [-0.39, 0.29) is 56.0 Å². The molecule has 0 spiro atoms. The van der Waals surface area contributed by atoms with E-state index in [0.29, 0.717) is 49.7 Å². The molecule has 43 heavy (non-hydrogen) atoms. The van der Waals surface area contributed by atoms with Crippen molar-refractivity contribution in [2.75, 3.05) is 62.7 Å². The molecule has 13 heteroatoms. The van der Waals surface area contributed by atoms with Gasteiger partial charge in [0.2, 0.25) is 17.7 Å². The molecule has 0 bridgehead atoms. The zero-order chi connectivity index (χ0) is 30.9. The van der Waals surface area contributed by atoms with Gasteiger partial charge in [-0.25, -0.2) is 9.18 Å². The second-order valence-electron chi connectivity index (χ2n) is 10.5. The maximum absolute atomic E-state index is 15.1. The zero-order valence-electron chi connectivity index (χ0n) is 24.4. The van der Waals surface area contributed by atoms with Gasteiger partial charge >= 0.3 is 6.09 Å². The van der Waals surface area contributed by atoms with Crippen LogP contribution in [-0.2, 0) is 25.7 Å². The lowest BCUT2D eigenvalue weighted by Gasteiger charge is -2.36. The van der Waals surface area contributed by atoms with Crippen LogP contribution >= 0.6 is 0 Å². The average Bonchev–Trinajstić information content (AvgIpc) is 3.39. The largest absolute Gasteiger partial charge is 0.442 e. The Morgan fingerprint density at radius 3 is 2.37 bits per heavy atom. The van der Waals surface area contributed by atoms with E-state index in [0.717, 1.165) is 5.56 Å². The first-order valence-electron chi connectivity index (χ1n) is 14.2. The van der Waals surface area contributed by atoms with Gasteiger partial charge < -0.3 is 30.5 Å². The third kappa shape index (κ3) is 8.51. The highest BCUT2D eigenvalue weighted by Gasteiger charge is 2.33. The van der Waals surface area contributed by atoms with Crippen molar-refractivity contribution in [2.45, 2.75) is 32.4 Å². The Kier molecular flexibility index (Phi) is 10.7. The van der Waals surface area contributed by atoms with Gasteiger partial charge in [-0.15, -0.1) is 0 Å². The Morgan fingerprint density at radius 1 is 1.00 bits per heavy atom. The van der Waals surface area contributed by atoms with Crippen LogP contribution in [0.1, 0.15) is 35.7 Å². The Balaban J connectivity index is 1.22. The molecular weight excluding hydrogens is 559 g/mol. The van der Waals surface area contributed by atoms with Gasteiger partial charge in [0, 0.05) is 65.1 Å². The number of ether oxygens (including phenoxy) is 1. The summed E-state index contributed by atoms with van der Waals surface area (Å²) in [6.45, 7) is 4.10. The van der Waals surface area contributed by atoms with Crippen LogP contribution in [0.25, 0.3) is 0 Å². The van der Waals surface area contributed by atoms with Crippen molar-refractivity contribution in [2.24, 2.45) is 0 Å². The topological polar surface area (TPSA) is 140 Å². The monoisotopic (exact) mass is 596 g/mol. The van der Waals surface area contributed by atoms with Crippen LogP contribution in [0.2, 0.25) is 0 Å². The van der Waals surface area contributed by atoms with E-state index < -0.39 is 18.0 Å². The lowest BCUT2D eigenvalue weighted by molar-refractivity contribution is -0.131. The molecule has 1 atom stereocenters. The van der Waals surface area contributed by atoms with Crippen LogP contribution in [0.5, 0.6) is 0 Å². The number of nitrogens with zero attached hydrogens (tertiary/aromatic N) is 3. The SMILES string of the molecule is CNC(=O)CNCc1ccc(C(=O)CCC(=O)N2CCN(c3ccc(N4C[C@H](CNC(C)=O)OC4=O)cc3F)CC2)cc1. The van der Waals surface area contributed by atoms with Crippen LogP contribution in [0.3, 0.4) is 0 Å². The average molecular weight is 597 g/mol. The first-order chi connectivity index (χ1) is 20.6. The number of hydrogen-bond donors (Lipinski definition) is 3. The number of Topliss-reactive ketones (excluding diaryl/α,β-unsaturated/α-hetero) is 1. The molecule has 0 radical (unpaired) electrons. The van der Waals surface area contributed by atoms with Gasteiger partial charge in [-0.3, -0.25) is 24.1 Å². The maximum atomic E-state index is 15.1. The van der Waals surface area contributed by atoms with Crippen LogP contribution < -0.4 is 25.8 Å². The summed E-state index contributed by atoms with van der Waals surface area (Å²) in [5, 5.41) is 8.16. The molecule has 2 heterocycles. The van der Waals surface area contributed by atoms with Gasteiger partial charge in [-0.05, 0) is 23.8 Å². The minimum absolute atomic E-state index is 0.0895. The van der Waals surface area contributed by atoms with E-state index in [9.17, 15) is 24.0 Å². The Labute approximate surface area is 249 Å². The highest BCUT2D eigenvalue weighted by molar-refractivity contribution is 5.98. The number of rotatable bonds is 12. The minimum atomic E-state index is -0.600. The normalized spacial score (nSPS) is 16.6. The molecule has 2 aliphatic heterocycles. The molecular formula is C30H37FN6O6. The fraction of sp³-hybridized carbons (Fsp3) is 0.433. The van der Waals surface area contributed by atoms with Crippen molar-refractivity contribution in [3.8, 4) is 0 Å². The molecule has 3 N–H and O–H groups in total. The number of likely N-dealkylation sites (N-methyl/N-ethyl adjacent to an activating group) is 1. The van der Waals surface area contributed by atoms with Gasteiger partial charge in [-0.1, -0.05) is 24.3 Å². The smallest absolute Gasteiger partial charge is 0.414 e. The van der Waals surface area contributed by atoms with Crippen LogP contribution in [0, 0.1) is 5.82 Å².